The van der Waals surface area contributed by atoms with Crippen LogP contribution in [-0.2, 0) is 13.0 Å². The highest BCUT2D eigenvalue weighted by molar-refractivity contribution is 6.31. The lowest BCUT2D eigenvalue weighted by atomic mass is 10.0. The van der Waals surface area contributed by atoms with Crippen molar-refractivity contribution in [1.82, 2.24) is 5.32 Å². The molecule has 2 aromatic carbocycles. The maximum Gasteiger partial charge on any atom is 0.119 e. The minimum absolute atomic E-state index is 0. The minimum Gasteiger partial charge on any atom is -0.497 e. The molecule has 4 N–H and O–H groups in total. The molecule has 4 nitrogen and oxygen atoms in total. The Kier molecular flexibility index (Phi) is 11.9. The van der Waals surface area contributed by atoms with Crippen molar-refractivity contribution in [1.29, 1.82) is 0 Å². The van der Waals surface area contributed by atoms with E-state index in [0.29, 0.717) is 24.5 Å². The molecule has 0 bridgehead atoms. The molecule has 2 atom stereocenters. The third-order valence-corrected chi connectivity index (χ3v) is 4.09. The summed E-state index contributed by atoms with van der Waals surface area (Å²) in [4.78, 5) is 0. The fraction of sp³-hybridized carbons (Fsp3) is 0.333. The highest BCUT2D eigenvalue weighted by Crippen LogP contribution is 2.17. The van der Waals surface area contributed by atoms with E-state index < -0.39 is 6.10 Å². The molecule has 0 saturated carbocycles. The Bertz CT molecular complexity index is 629. The average molecular weight is 408 g/mol. The monoisotopic (exact) mass is 406 g/mol. The van der Waals surface area contributed by atoms with Crippen molar-refractivity contribution in [2.45, 2.75) is 25.1 Å². The lowest BCUT2D eigenvalue weighted by molar-refractivity contribution is 0.141. The minimum atomic E-state index is -0.642. The first-order chi connectivity index (χ1) is 11.1. The number of methoxy groups -OCH3 is 1. The number of aliphatic hydroxyl groups is 1. The predicted molar refractivity (Wildman–Crippen MR) is 108 cm³/mol. The molecular weight excluding hydrogens is 383 g/mol. The van der Waals surface area contributed by atoms with Gasteiger partial charge in [0.25, 0.3) is 0 Å². The van der Waals surface area contributed by atoms with Crippen molar-refractivity contribution in [3.63, 3.8) is 0 Å². The number of ether oxygens (including phenoxy) is 1. The third-order valence-electron chi connectivity index (χ3n) is 3.72. The maximum absolute atomic E-state index is 10.2. The lowest BCUT2D eigenvalue weighted by Gasteiger charge is -2.20. The molecule has 2 rings (SSSR count). The molecule has 0 radical (unpaired) electrons. The van der Waals surface area contributed by atoms with Crippen LogP contribution in [0.3, 0.4) is 0 Å². The number of rotatable bonds is 8. The number of hydrogen-bond acceptors (Lipinski definition) is 4. The highest BCUT2D eigenvalue weighted by atomic mass is 35.5. The first-order valence-corrected chi connectivity index (χ1v) is 7.98. The van der Waals surface area contributed by atoms with E-state index in [-0.39, 0.29) is 30.9 Å². The molecule has 0 amide bonds. The fourth-order valence-corrected chi connectivity index (χ4v) is 2.56. The topological polar surface area (TPSA) is 67.5 Å². The van der Waals surface area contributed by atoms with Crippen molar-refractivity contribution in [3.05, 3.63) is 64.7 Å². The zero-order valence-electron chi connectivity index (χ0n) is 14.0. The number of nitrogens with one attached hydrogen (secondary N) is 1. The molecule has 0 heterocycles. The van der Waals surface area contributed by atoms with Gasteiger partial charge in [0, 0.05) is 24.2 Å². The predicted octanol–water partition coefficient (Wildman–Crippen LogP) is 3.21. The first kappa shape index (κ1) is 24.0. The Balaban J connectivity index is 0.00000288. The molecule has 0 aliphatic heterocycles. The zero-order valence-corrected chi connectivity index (χ0v) is 16.4. The second kappa shape index (κ2) is 12.4. The summed E-state index contributed by atoms with van der Waals surface area (Å²) in [6.07, 6.45) is -0.0984. The largest absolute Gasteiger partial charge is 0.497 e. The molecule has 140 valence electrons. The first-order valence-electron chi connectivity index (χ1n) is 7.61. The van der Waals surface area contributed by atoms with Crippen LogP contribution in [-0.4, -0.2) is 30.9 Å². The summed E-state index contributed by atoms with van der Waals surface area (Å²) in [6.45, 7) is 1.07. The van der Waals surface area contributed by atoms with Gasteiger partial charge in [-0.25, -0.2) is 0 Å². The van der Waals surface area contributed by atoms with Crippen LogP contribution < -0.4 is 15.8 Å². The quantitative estimate of drug-likeness (QED) is 0.628. The van der Waals surface area contributed by atoms with Gasteiger partial charge >= 0.3 is 0 Å². The van der Waals surface area contributed by atoms with Crippen molar-refractivity contribution in [2.24, 2.45) is 5.73 Å². The maximum atomic E-state index is 10.2. The van der Waals surface area contributed by atoms with E-state index >= 15 is 0 Å². The van der Waals surface area contributed by atoms with E-state index in [1.54, 1.807) is 7.11 Å². The van der Waals surface area contributed by atoms with Crippen molar-refractivity contribution in [3.8, 4) is 5.75 Å². The second-order valence-electron chi connectivity index (χ2n) is 5.51. The molecule has 0 fully saturated rings. The van der Waals surface area contributed by atoms with Crippen molar-refractivity contribution >= 4 is 36.4 Å². The summed E-state index contributed by atoms with van der Waals surface area (Å²) in [7, 11) is 1.64. The van der Waals surface area contributed by atoms with Gasteiger partial charge in [0.05, 0.1) is 13.2 Å². The summed E-state index contributed by atoms with van der Waals surface area (Å²) in [5.74, 6) is 0.820. The van der Waals surface area contributed by atoms with Crippen LogP contribution in [0.2, 0.25) is 5.02 Å². The van der Waals surface area contributed by atoms with Gasteiger partial charge in [-0.15, -0.1) is 24.8 Å². The summed E-state index contributed by atoms with van der Waals surface area (Å²) < 4.78 is 5.19. The molecule has 0 spiro atoms. The number of halogens is 3. The Morgan fingerprint density at radius 3 is 2.56 bits per heavy atom. The Morgan fingerprint density at radius 2 is 1.88 bits per heavy atom. The van der Waals surface area contributed by atoms with E-state index in [1.807, 2.05) is 48.5 Å². The van der Waals surface area contributed by atoms with Crippen LogP contribution in [0, 0.1) is 0 Å². The number of nitrogens with two attached hydrogens (primary N) is 1. The molecular formula is C18H25Cl3N2O2. The van der Waals surface area contributed by atoms with Crippen LogP contribution in [0.25, 0.3) is 0 Å². The van der Waals surface area contributed by atoms with E-state index in [9.17, 15) is 5.11 Å². The molecule has 0 saturated heterocycles. The lowest BCUT2D eigenvalue weighted by Crippen LogP contribution is -2.43. The van der Waals surface area contributed by atoms with Crippen molar-refractivity contribution in [2.75, 3.05) is 13.7 Å². The van der Waals surface area contributed by atoms with Gasteiger partial charge in [-0.3, -0.25) is 0 Å². The summed E-state index contributed by atoms with van der Waals surface area (Å²) >= 11 is 6.12. The van der Waals surface area contributed by atoms with Gasteiger partial charge in [0.15, 0.2) is 0 Å². The van der Waals surface area contributed by atoms with Gasteiger partial charge in [0.1, 0.15) is 5.75 Å². The van der Waals surface area contributed by atoms with E-state index in [2.05, 4.69) is 5.32 Å². The summed E-state index contributed by atoms with van der Waals surface area (Å²) in [5, 5.41) is 14.1. The van der Waals surface area contributed by atoms with E-state index in [0.717, 1.165) is 16.9 Å². The van der Waals surface area contributed by atoms with Gasteiger partial charge < -0.3 is 20.9 Å². The molecule has 7 heteroatoms. The molecule has 0 aliphatic rings. The Labute approximate surface area is 166 Å². The van der Waals surface area contributed by atoms with Gasteiger partial charge in [-0.05, 0) is 35.7 Å². The molecule has 25 heavy (non-hydrogen) atoms. The molecule has 0 aliphatic carbocycles. The molecule has 0 unspecified atom stereocenters. The third kappa shape index (κ3) is 7.82. The average Bonchev–Trinajstić information content (AvgIpc) is 2.57. The zero-order chi connectivity index (χ0) is 16.7. The van der Waals surface area contributed by atoms with Gasteiger partial charge in [-0.2, -0.15) is 0 Å². The number of aliphatic hydroxyl groups excluding tert-OH is 1. The standard InChI is InChI=1S/C18H23ClN2O2.2ClH/c1-23-15-7-4-5-13(9-15)11-21-12-18(22)17(20)10-14-6-2-3-8-16(14)19;;/h2-9,17-18,21-22H,10-12,20H2,1H3;2*1H/t17-,18+;;/m0../s1. The highest BCUT2D eigenvalue weighted by Gasteiger charge is 2.16. The van der Waals surface area contributed by atoms with Gasteiger partial charge in [0.2, 0.25) is 0 Å². The molecule has 0 aromatic heterocycles. The van der Waals surface area contributed by atoms with Gasteiger partial charge in [-0.1, -0.05) is 41.9 Å². The number of hydrogen-bond donors (Lipinski definition) is 3. The smallest absolute Gasteiger partial charge is 0.119 e. The fourth-order valence-electron chi connectivity index (χ4n) is 2.35. The van der Waals surface area contributed by atoms with Crippen LogP contribution in [0.15, 0.2) is 48.5 Å². The normalized spacial score (nSPS) is 12.5. The van der Waals surface area contributed by atoms with Crippen LogP contribution >= 0.6 is 36.4 Å². The van der Waals surface area contributed by atoms with E-state index in [4.69, 9.17) is 22.1 Å². The van der Waals surface area contributed by atoms with Crippen LogP contribution in [0.1, 0.15) is 11.1 Å². The SMILES string of the molecule is COc1cccc(CNC[C@@H](O)[C@@H](N)Cc2ccccc2Cl)c1.Cl.Cl. The second-order valence-corrected chi connectivity index (χ2v) is 5.92. The Morgan fingerprint density at radius 1 is 1.16 bits per heavy atom. The van der Waals surface area contributed by atoms with Crippen LogP contribution in [0.5, 0.6) is 5.75 Å². The van der Waals surface area contributed by atoms with Crippen molar-refractivity contribution < 1.29 is 9.84 Å². The van der Waals surface area contributed by atoms with E-state index in [1.165, 1.54) is 0 Å². The Hall–Kier alpha value is -1.01. The summed E-state index contributed by atoms with van der Waals surface area (Å²) in [5.41, 5.74) is 8.12. The number of benzene rings is 2. The summed E-state index contributed by atoms with van der Waals surface area (Å²) in [6, 6.07) is 15.0. The molecule has 2 aromatic rings. The van der Waals surface area contributed by atoms with Crippen LogP contribution in [0.4, 0.5) is 0 Å².